The van der Waals surface area contributed by atoms with Crippen LogP contribution in [0.25, 0.3) is 6.08 Å². The smallest absolute Gasteiger partial charge is 0.231 e. The van der Waals surface area contributed by atoms with Crippen LogP contribution < -0.4 is 14.4 Å². The highest BCUT2D eigenvalue weighted by atomic mass is 16.5. The maximum atomic E-state index is 13.3. The van der Waals surface area contributed by atoms with Gasteiger partial charge in [-0.3, -0.25) is 14.6 Å². The Hall–Kier alpha value is -2.87. The van der Waals surface area contributed by atoms with E-state index < -0.39 is 0 Å². The van der Waals surface area contributed by atoms with Crippen molar-refractivity contribution in [3.8, 4) is 11.5 Å². The summed E-state index contributed by atoms with van der Waals surface area (Å²) in [5, 5.41) is 0. The number of hydrogen-bond donors (Lipinski definition) is 0. The van der Waals surface area contributed by atoms with Gasteiger partial charge in [0.1, 0.15) is 18.2 Å². The molecule has 0 aliphatic carbocycles. The second-order valence-corrected chi connectivity index (χ2v) is 9.70. The van der Waals surface area contributed by atoms with Crippen molar-refractivity contribution in [2.24, 2.45) is 0 Å². The molecular weight excluding hydrogens is 454 g/mol. The van der Waals surface area contributed by atoms with E-state index in [-0.39, 0.29) is 5.78 Å². The number of carbonyl (C=O) groups excluding carboxylic acids is 1. The van der Waals surface area contributed by atoms with Crippen LogP contribution in [0.4, 0.5) is 5.69 Å². The van der Waals surface area contributed by atoms with E-state index in [1.165, 1.54) is 5.69 Å². The predicted molar refractivity (Wildman–Crippen MR) is 142 cm³/mol. The fourth-order valence-electron chi connectivity index (χ4n) is 5.30. The molecule has 2 aromatic rings. The van der Waals surface area contributed by atoms with Gasteiger partial charge in [-0.1, -0.05) is 12.1 Å². The summed E-state index contributed by atoms with van der Waals surface area (Å²) in [5.41, 5.74) is 4.73. The second-order valence-electron chi connectivity index (χ2n) is 9.70. The topological polar surface area (TPSA) is 54.5 Å². The zero-order chi connectivity index (χ0) is 25.1. The van der Waals surface area contributed by atoms with Gasteiger partial charge in [0.05, 0.1) is 18.8 Å². The van der Waals surface area contributed by atoms with E-state index >= 15 is 0 Å². The fraction of sp³-hybridized carbons (Fsp3) is 0.483. The van der Waals surface area contributed by atoms with Crippen LogP contribution in [0.15, 0.2) is 36.1 Å². The summed E-state index contributed by atoms with van der Waals surface area (Å²) in [6.45, 7) is 15.3. The molecule has 0 aromatic heterocycles. The molecule has 1 saturated heterocycles. The molecular formula is C29H37N3O4. The van der Waals surface area contributed by atoms with Crippen molar-refractivity contribution in [3.63, 3.8) is 0 Å². The first-order valence-corrected chi connectivity index (χ1v) is 13.2. The summed E-state index contributed by atoms with van der Waals surface area (Å²) < 4.78 is 17.7. The van der Waals surface area contributed by atoms with E-state index in [1.807, 2.05) is 31.2 Å². The van der Waals surface area contributed by atoms with Gasteiger partial charge in [0.15, 0.2) is 5.76 Å². The van der Waals surface area contributed by atoms with Gasteiger partial charge >= 0.3 is 0 Å². The summed E-state index contributed by atoms with van der Waals surface area (Å²) in [4.78, 5) is 20.3. The third-order valence-electron chi connectivity index (χ3n) is 7.37. The van der Waals surface area contributed by atoms with Crippen LogP contribution in [-0.4, -0.2) is 74.8 Å². The number of morpholine rings is 1. The molecule has 5 rings (SSSR count). The van der Waals surface area contributed by atoms with Crippen molar-refractivity contribution >= 4 is 17.5 Å². The number of carbonyl (C=O) groups is 1. The monoisotopic (exact) mass is 491 g/mol. The van der Waals surface area contributed by atoms with Crippen molar-refractivity contribution < 1.29 is 19.0 Å². The van der Waals surface area contributed by atoms with Crippen molar-refractivity contribution in [3.05, 3.63) is 58.3 Å². The minimum absolute atomic E-state index is 0.0619. The summed E-state index contributed by atoms with van der Waals surface area (Å²) in [7, 11) is 0. The summed E-state index contributed by atoms with van der Waals surface area (Å²) >= 11 is 0. The number of anilines is 1. The maximum absolute atomic E-state index is 13.3. The molecule has 0 amide bonds. The highest BCUT2D eigenvalue weighted by Gasteiger charge is 2.33. The highest BCUT2D eigenvalue weighted by molar-refractivity contribution is 6.15. The molecule has 0 bridgehead atoms. The second kappa shape index (κ2) is 11.0. The predicted octanol–water partition coefficient (Wildman–Crippen LogP) is 4.33. The Morgan fingerprint density at radius 3 is 2.44 bits per heavy atom. The number of ether oxygens (including phenoxy) is 3. The molecule has 0 unspecified atom stereocenters. The largest absolute Gasteiger partial charge is 0.477 e. The normalized spacial score (nSPS) is 19.1. The van der Waals surface area contributed by atoms with Crippen molar-refractivity contribution in [2.75, 3.05) is 64.1 Å². The molecule has 2 aromatic carbocycles. The van der Waals surface area contributed by atoms with Crippen LogP contribution in [0, 0.1) is 6.92 Å². The first-order valence-electron chi connectivity index (χ1n) is 13.2. The Bertz CT molecular complexity index is 1120. The summed E-state index contributed by atoms with van der Waals surface area (Å²) in [6, 6.07) is 10.2. The lowest BCUT2D eigenvalue weighted by molar-refractivity contribution is 0.0329. The zero-order valence-corrected chi connectivity index (χ0v) is 21.7. The highest BCUT2D eigenvalue weighted by Crippen LogP contribution is 2.43. The van der Waals surface area contributed by atoms with E-state index in [4.69, 9.17) is 14.2 Å². The molecule has 0 saturated carbocycles. The molecule has 0 spiro atoms. The Balaban J connectivity index is 1.27. The lowest BCUT2D eigenvalue weighted by Gasteiger charge is -2.31. The first kappa shape index (κ1) is 24.8. The number of fused-ring (bicyclic) bond motifs is 2. The van der Waals surface area contributed by atoms with Gasteiger partial charge in [-0.15, -0.1) is 0 Å². The molecule has 7 heteroatoms. The third-order valence-corrected chi connectivity index (χ3v) is 7.37. The Labute approximate surface area is 214 Å². The standard InChI is InChI=1S/C29H37N3O4/c1-4-32(5-2)24-9-7-22(8-10-24)17-26-27(33)25-18-23-19-31(12-6-11-30-13-15-34-16-14-30)20-35-28(23)21(3)29(25)36-26/h7-10,17-18H,4-6,11-16,19-20H2,1-3H3/b26-17-. The molecule has 0 N–H and O–H groups in total. The van der Waals surface area contributed by atoms with E-state index in [0.717, 1.165) is 87.9 Å². The zero-order valence-electron chi connectivity index (χ0n) is 21.7. The van der Waals surface area contributed by atoms with Gasteiger partial charge in [-0.25, -0.2) is 0 Å². The summed E-state index contributed by atoms with van der Waals surface area (Å²) in [6.07, 6.45) is 2.93. The number of hydrogen-bond acceptors (Lipinski definition) is 7. The number of benzene rings is 2. The summed E-state index contributed by atoms with van der Waals surface area (Å²) in [5.74, 6) is 1.79. The number of Topliss-reactive ketones (excluding diaryl/α,β-unsaturated/α-hetero) is 1. The van der Waals surface area contributed by atoms with Crippen LogP contribution in [-0.2, 0) is 11.3 Å². The van der Waals surface area contributed by atoms with Crippen LogP contribution in [0.2, 0.25) is 0 Å². The van der Waals surface area contributed by atoms with Crippen molar-refractivity contribution in [2.45, 2.75) is 33.7 Å². The van der Waals surface area contributed by atoms with Gasteiger partial charge < -0.3 is 19.1 Å². The van der Waals surface area contributed by atoms with Crippen LogP contribution in [0.1, 0.15) is 47.3 Å². The average molecular weight is 492 g/mol. The number of nitrogens with zero attached hydrogens (tertiary/aromatic N) is 3. The lowest BCUT2D eigenvalue weighted by Crippen LogP contribution is -2.39. The number of ketones is 1. The molecule has 0 atom stereocenters. The van der Waals surface area contributed by atoms with Gasteiger partial charge in [-0.05, 0) is 63.6 Å². The lowest BCUT2D eigenvalue weighted by atomic mass is 10.00. The van der Waals surface area contributed by atoms with Crippen molar-refractivity contribution in [1.29, 1.82) is 0 Å². The average Bonchev–Trinajstić information content (AvgIpc) is 3.21. The fourth-order valence-corrected chi connectivity index (χ4v) is 5.30. The first-order chi connectivity index (χ1) is 17.6. The van der Waals surface area contributed by atoms with Gasteiger partial charge in [-0.2, -0.15) is 0 Å². The Morgan fingerprint density at radius 1 is 1.00 bits per heavy atom. The van der Waals surface area contributed by atoms with E-state index in [1.54, 1.807) is 0 Å². The number of rotatable bonds is 8. The molecule has 192 valence electrons. The SMILES string of the molecule is CCN(CC)c1ccc(/C=C2\Oc3c(cc4c(c3C)OCN(CCCN3CCOCC3)C4)C2=O)cc1. The maximum Gasteiger partial charge on any atom is 0.231 e. The molecule has 7 nitrogen and oxygen atoms in total. The van der Waals surface area contributed by atoms with E-state index in [2.05, 4.69) is 40.7 Å². The minimum Gasteiger partial charge on any atom is -0.477 e. The minimum atomic E-state index is -0.0619. The van der Waals surface area contributed by atoms with E-state index in [0.29, 0.717) is 23.8 Å². The van der Waals surface area contributed by atoms with Crippen LogP contribution in [0.5, 0.6) is 11.5 Å². The molecule has 1 fully saturated rings. The molecule has 3 aliphatic heterocycles. The van der Waals surface area contributed by atoms with Gasteiger partial charge in [0.2, 0.25) is 5.78 Å². The van der Waals surface area contributed by atoms with Crippen LogP contribution in [0.3, 0.4) is 0 Å². The Kier molecular flexibility index (Phi) is 7.60. The van der Waals surface area contributed by atoms with Crippen molar-refractivity contribution in [1.82, 2.24) is 9.80 Å². The van der Waals surface area contributed by atoms with Crippen LogP contribution >= 0.6 is 0 Å². The Morgan fingerprint density at radius 2 is 1.72 bits per heavy atom. The molecule has 3 heterocycles. The third kappa shape index (κ3) is 5.14. The molecule has 0 radical (unpaired) electrons. The molecule has 3 aliphatic rings. The van der Waals surface area contributed by atoms with Gasteiger partial charge in [0, 0.05) is 56.1 Å². The number of allylic oxidation sites excluding steroid dienone is 1. The van der Waals surface area contributed by atoms with Gasteiger partial charge in [0.25, 0.3) is 0 Å². The van der Waals surface area contributed by atoms with E-state index in [9.17, 15) is 4.79 Å². The quantitative estimate of drug-likeness (QED) is 0.510. The molecule has 36 heavy (non-hydrogen) atoms.